The predicted octanol–water partition coefficient (Wildman–Crippen LogP) is 5.69. The third kappa shape index (κ3) is 5.28. The Balaban J connectivity index is 1.42. The molecule has 0 saturated heterocycles. The summed E-state index contributed by atoms with van der Waals surface area (Å²) in [4.78, 5) is 21.1. The van der Waals surface area contributed by atoms with Gasteiger partial charge in [0.05, 0.1) is 17.2 Å². The summed E-state index contributed by atoms with van der Waals surface area (Å²) in [6.45, 7) is 4.61. The summed E-state index contributed by atoms with van der Waals surface area (Å²) in [7, 11) is 0. The molecule has 0 saturated carbocycles. The molecule has 1 amide bonds. The van der Waals surface area contributed by atoms with Crippen molar-refractivity contribution in [3.05, 3.63) is 93.8 Å². The minimum Gasteiger partial charge on any atom is -0.490 e. The molecule has 0 unspecified atom stereocenters. The number of nitrogens with zero attached hydrogens (tertiary/aromatic N) is 4. The molecule has 2 aliphatic heterocycles. The number of ether oxygens (including phenoxy) is 2. The van der Waals surface area contributed by atoms with E-state index in [0.29, 0.717) is 45.5 Å². The highest BCUT2D eigenvalue weighted by Gasteiger charge is 2.36. The Labute approximate surface area is 223 Å². The van der Waals surface area contributed by atoms with Crippen molar-refractivity contribution in [1.29, 1.82) is 5.41 Å². The van der Waals surface area contributed by atoms with Gasteiger partial charge < -0.3 is 9.47 Å². The van der Waals surface area contributed by atoms with Crippen LogP contribution in [0.5, 0.6) is 11.5 Å². The fourth-order valence-corrected chi connectivity index (χ4v) is 4.83. The van der Waals surface area contributed by atoms with Crippen LogP contribution in [0.15, 0.2) is 76.6 Å². The van der Waals surface area contributed by atoms with Crippen molar-refractivity contribution in [3.8, 4) is 11.5 Å². The normalized spacial score (nSPS) is 16.0. The predicted molar refractivity (Wildman–Crippen MR) is 146 cm³/mol. The van der Waals surface area contributed by atoms with Gasteiger partial charge in [-0.1, -0.05) is 41.4 Å². The number of carbonyl (C=O) groups excluding carboxylic acids is 1. The topological polar surface area (TPSA) is 100 Å². The lowest BCUT2D eigenvalue weighted by Gasteiger charge is -2.20. The number of pyridine rings is 1. The highest BCUT2D eigenvalue weighted by atomic mass is 35.5. The summed E-state index contributed by atoms with van der Waals surface area (Å²) in [5, 5.41) is 15.8. The summed E-state index contributed by atoms with van der Waals surface area (Å²) in [5.41, 5.74) is 3.61. The third-order valence-corrected chi connectivity index (χ3v) is 6.75. The lowest BCUT2D eigenvalue weighted by Crippen LogP contribution is -2.35. The molecule has 10 heteroatoms. The number of hydrogen-bond acceptors (Lipinski definition) is 7. The zero-order valence-electron chi connectivity index (χ0n) is 20.1. The molecule has 1 aromatic heterocycles. The second kappa shape index (κ2) is 10.6. The number of benzene rings is 2. The minimum absolute atomic E-state index is 0.0739. The zero-order chi connectivity index (χ0) is 25.9. The molecule has 0 bridgehead atoms. The number of fused-ring (bicyclic) bond motifs is 1. The summed E-state index contributed by atoms with van der Waals surface area (Å²) in [6.07, 6.45) is 4.90. The first-order chi connectivity index (χ1) is 17.9. The van der Waals surface area contributed by atoms with E-state index in [1.54, 1.807) is 36.7 Å². The SMILES string of the molecule is CCOc1cc(/C=C2/C(=N)N3N=C(c4cccnc4)SC3=NC2=O)cc(Cl)c1OCc1ccc(C)cc1. The van der Waals surface area contributed by atoms with Gasteiger partial charge >= 0.3 is 0 Å². The zero-order valence-corrected chi connectivity index (χ0v) is 21.6. The maximum absolute atomic E-state index is 12.9. The van der Waals surface area contributed by atoms with Gasteiger partial charge in [0, 0.05) is 18.0 Å². The number of nitrogens with one attached hydrogen (secondary N) is 1. The van der Waals surface area contributed by atoms with Gasteiger partial charge in [-0.05, 0) is 67.1 Å². The van der Waals surface area contributed by atoms with Gasteiger partial charge in [0.1, 0.15) is 11.7 Å². The number of rotatable bonds is 7. The number of thioether (sulfide) groups is 1. The average Bonchev–Trinajstić information content (AvgIpc) is 3.32. The smallest absolute Gasteiger partial charge is 0.283 e. The third-order valence-electron chi connectivity index (χ3n) is 5.51. The number of halogens is 1. The summed E-state index contributed by atoms with van der Waals surface area (Å²) in [6, 6.07) is 15.1. The fraction of sp³-hybridized carbons (Fsp3) is 0.148. The Morgan fingerprint density at radius 3 is 2.70 bits per heavy atom. The van der Waals surface area contributed by atoms with Gasteiger partial charge in [0.25, 0.3) is 5.91 Å². The van der Waals surface area contributed by atoms with Crippen LogP contribution in [0, 0.1) is 12.3 Å². The van der Waals surface area contributed by atoms with Crippen LogP contribution in [-0.4, -0.2) is 38.6 Å². The average molecular weight is 532 g/mol. The second-order valence-corrected chi connectivity index (χ2v) is 9.57. The van der Waals surface area contributed by atoms with E-state index in [0.717, 1.165) is 11.1 Å². The summed E-state index contributed by atoms with van der Waals surface area (Å²) >= 11 is 7.81. The van der Waals surface area contributed by atoms with Crippen LogP contribution < -0.4 is 9.47 Å². The van der Waals surface area contributed by atoms with E-state index < -0.39 is 5.91 Å². The second-order valence-electron chi connectivity index (χ2n) is 8.20. The lowest BCUT2D eigenvalue weighted by atomic mass is 10.1. The maximum Gasteiger partial charge on any atom is 0.283 e. The van der Waals surface area contributed by atoms with Gasteiger partial charge in [-0.3, -0.25) is 15.2 Å². The number of aliphatic imine (C=N–C) groups is 1. The van der Waals surface area contributed by atoms with Gasteiger partial charge in [-0.2, -0.15) is 15.1 Å². The maximum atomic E-state index is 12.9. The largest absolute Gasteiger partial charge is 0.490 e. The van der Waals surface area contributed by atoms with Gasteiger partial charge in [0.15, 0.2) is 17.3 Å². The van der Waals surface area contributed by atoms with E-state index in [1.165, 1.54) is 22.3 Å². The first-order valence-electron chi connectivity index (χ1n) is 11.5. The van der Waals surface area contributed by atoms with Crippen LogP contribution in [0.1, 0.15) is 29.2 Å². The van der Waals surface area contributed by atoms with Crippen LogP contribution in [0.2, 0.25) is 5.02 Å². The minimum atomic E-state index is -0.528. The molecule has 0 spiro atoms. The Morgan fingerprint density at radius 2 is 1.97 bits per heavy atom. The quantitative estimate of drug-likeness (QED) is 0.393. The molecule has 0 radical (unpaired) electrons. The summed E-state index contributed by atoms with van der Waals surface area (Å²) in [5.74, 6) is 0.259. The van der Waals surface area contributed by atoms with E-state index >= 15 is 0 Å². The Morgan fingerprint density at radius 1 is 1.16 bits per heavy atom. The molecule has 2 aromatic carbocycles. The molecule has 186 valence electrons. The number of amides is 1. The van der Waals surface area contributed by atoms with Crippen molar-refractivity contribution in [3.63, 3.8) is 0 Å². The Bertz CT molecular complexity index is 1470. The van der Waals surface area contributed by atoms with Crippen molar-refractivity contribution in [1.82, 2.24) is 9.99 Å². The van der Waals surface area contributed by atoms with Crippen LogP contribution in [-0.2, 0) is 11.4 Å². The number of hydrogen-bond donors (Lipinski definition) is 1. The van der Waals surface area contributed by atoms with E-state index in [-0.39, 0.29) is 11.4 Å². The van der Waals surface area contributed by atoms with Crippen molar-refractivity contribution in [2.75, 3.05) is 6.61 Å². The van der Waals surface area contributed by atoms with E-state index in [1.807, 2.05) is 44.2 Å². The van der Waals surface area contributed by atoms with Crippen molar-refractivity contribution in [2.45, 2.75) is 20.5 Å². The molecular formula is C27H22ClN5O3S. The monoisotopic (exact) mass is 531 g/mol. The Hall–Kier alpha value is -3.95. The standard InChI is InChI=1S/C27H22ClN5O3S/c1-3-35-22-13-18(12-21(28)23(22)36-15-17-8-6-16(2)7-9-17)11-20-24(29)33-27(31-25(20)34)37-26(32-33)19-5-4-10-30-14-19/h4-14,29H,3,15H2,1-2H3/b20-11-,29-24?. The summed E-state index contributed by atoms with van der Waals surface area (Å²) < 4.78 is 11.8. The van der Waals surface area contributed by atoms with Crippen molar-refractivity contribution in [2.24, 2.45) is 10.1 Å². The lowest BCUT2D eigenvalue weighted by molar-refractivity contribution is -0.114. The van der Waals surface area contributed by atoms with Gasteiger partial charge in [0.2, 0.25) is 5.17 Å². The van der Waals surface area contributed by atoms with Crippen molar-refractivity contribution < 1.29 is 14.3 Å². The molecule has 0 fully saturated rings. The van der Waals surface area contributed by atoms with Crippen LogP contribution >= 0.6 is 23.4 Å². The first kappa shape index (κ1) is 24.7. The molecule has 5 rings (SSSR count). The van der Waals surface area contributed by atoms with E-state index in [2.05, 4.69) is 15.1 Å². The number of carbonyl (C=O) groups is 1. The Kier molecular flexibility index (Phi) is 7.07. The fourth-order valence-electron chi connectivity index (χ4n) is 3.68. The molecular weight excluding hydrogens is 510 g/mol. The van der Waals surface area contributed by atoms with Crippen molar-refractivity contribution >= 4 is 51.4 Å². The molecule has 0 aliphatic carbocycles. The highest BCUT2D eigenvalue weighted by molar-refractivity contribution is 8.27. The van der Waals surface area contributed by atoms with Gasteiger partial charge in [-0.25, -0.2) is 0 Å². The molecule has 3 heterocycles. The molecule has 8 nitrogen and oxygen atoms in total. The van der Waals surface area contributed by atoms with Crippen LogP contribution in [0.4, 0.5) is 0 Å². The number of aryl methyl sites for hydroxylation is 1. The molecule has 0 atom stereocenters. The van der Waals surface area contributed by atoms with Crippen LogP contribution in [0.25, 0.3) is 6.08 Å². The first-order valence-corrected chi connectivity index (χ1v) is 12.7. The number of hydrazone groups is 1. The van der Waals surface area contributed by atoms with E-state index in [4.69, 9.17) is 26.5 Å². The number of amidine groups is 2. The molecule has 37 heavy (non-hydrogen) atoms. The highest BCUT2D eigenvalue weighted by Crippen LogP contribution is 2.38. The molecule has 2 aliphatic rings. The van der Waals surface area contributed by atoms with E-state index in [9.17, 15) is 4.79 Å². The number of aromatic nitrogens is 1. The van der Waals surface area contributed by atoms with Crippen LogP contribution in [0.3, 0.4) is 0 Å². The molecule has 1 N–H and O–H groups in total. The van der Waals surface area contributed by atoms with Gasteiger partial charge in [-0.15, -0.1) is 0 Å². The molecule has 3 aromatic rings.